The molecule has 0 aliphatic heterocycles. The number of aromatic nitrogens is 4. The number of aromatic amines is 1. The van der Waals surface area contributed by atoms with Gasteiger partial charge in [0.05, 0.1) is 22.4 Å². The quantitative estimate of drug-likeness (QED) is 0.914. The molecule has 0 unspecified atom stereocenters. The maximum Gasteiger partial charge on any atom is 0.328 e. The molecule has 0 bridgehead atoms. The lowest BCUT2D eigenvalue weighted by Crippen LogP contribution is -2.29. The van der Waals surface area contributed by atoms with Crippen LogP contribution in [0.2, 0.25) is 0 Å². The summed E-state index contributed by atoms with van der Waals surface area (Å²) < 4.78 is 4.16. The van der Waals surface area contributed by atoms with Gasteiger partial charge in [-0.05, 0) is 29.8 Å². The Morgan fingerprint density at radius 2 is 2.17 bits per heavy atom. The molecule has 0 radical (unpaired) electrons. The van der Waals surface area contributed by atoms with Gasteiger partial charge >= 0.3 is 5.69 Å². The van der Waals surface area contributed by atoms with Crippen molar-refractivity contribution >= 4 is 15.9 Å². The average Bonchev–Trinajstić information content (AvgIpc) is 2.60. The number of nitrogens with zero attached hydrogens (tertiary/aromatic N) is 3. The Morgan fingerprint density at radius 1 is 1.44 bits per heavy atom. The monoisotopic (exact) mass is 312 g/mol. The second-order valence-corrected chi connectivity index (χ2v) is 4.69. The highest BCUT2D eigenvalue weighted by molar-refractivity contribution is 9.10. The summed E-state index contributed by atoms with van der Waals surface area (Å²) >= 11 is 3.47. The summed E-state index contributed by atoms with van der Waals surface area (Å²) in [5.74, 6) is 0. The fourth-order valence-corrected chi connectivity index (χ4v) is 2.16. The first-order chi connectivity index (χ1) is 8.52. The van der Waals surface area contributed by atoms with Gasteiger partial charge in [-0.1, -0.05) is 0 Å². The molecule has 2 heterocycles. The van der Waals surface area contributed by atoms with E-state index in [1.165, 1.54) is 16.8 Å². The average molecular weight is 313 g/mol. The van der Waals surface area contributed by atoms with Gasteiger partial charge in [0.1, 0.15) is 0 Å². The SMILES string of the molecule is CCn1nc(C)c(Br)c1Cn1ccc(=O)[nH]c1=O. The number of hydrogen-bond donors (Lipinski definition) is 1. The van der Waals surface area contributed by atoms with Crippen LogP contribution in [0.4, 0.5) is 0 Å². The number of H-pyrrole nitrogens is 1. The molecule has 2 aromatic heterocycles. The Morgan fingerprint density at radius 3 is 2.78 bits per heavy atom. The first-order valence-corrected chi connectivity index (χ1v) is 6.33. The number of aryl methyl sites for hydroxylation is 2. The van der Waals surface area contributed by atoms with E-state index in [0.717, 1.165) is 22.4 Å². The second-order valence-electron chi connectivity index (χ2n) is 3.90. The van der Waals surface area contributed by atoms with E-state index in [1.807, 2.05) is 18.5 Å². The Bertz CT molecular complexity index is 683. The van der Waals surface area contributed by atoms with Crippen molar-refractivity contribution < 1.29 is 0 Å². The molecule has 18 heavy (non-hydrogen) atoms. The molecule has 0 aromatic carbocycles. The first kappa shape index (κ1) is 12.8. The number of nitrogens with one attached hydrogen (secondary N) is 1. The predicted molar refractivity (Wildman–Crippen MR) is 70.8 cm³/mol. The van der Waals surface area contributed by atoms with Crippen molar-refractivity contribution in [3.8, 4) is 0 Å². The third kappa shape index (κ3) is 2.31. The normalized spacial score (nSPS) is 10.8. The lowest BCUT2D eigenvalue weighted by Gasteiger charge is -2.07. The smallest absolute Gasteiger partial charge is 0.295 e. The molecule has 0 aliphatic carbocycles. The molecule has 0 atom stereocenters. The minimum Gasteiger partial charge on any atom is -0.295 e. The molecule has 2 aromatic rings. The van der Waals surface area contributed by atoms with Crippen LogP contribution in [0, 0.1) is 6.92 Å². The van der Waals surface area contributed by atoms with Gasteiger partial charge < -0.3 is 0 Å². The molecule has 0 amide bonds. The van der Waals surface area contributed by atoms with Crippen molar-refractivity contribution in [1.29, 1.82) is 0 Å². The van der Waals surface area contributed by atoms with Gasteiger partial charge in [0.2, 0.25) is 0 Å². The third-order valence-electron chi connectivity index (χ3n) is 2.67. The molecular weight excluding hydrogens is 300 g/mol. The van der Waals surface area contributed by atoms with Crippen molar-refractivity contribution in [2.75, 3.05) is 0 Å². The molecule has 0 aliphatic rings. The zero-order chi connectivity index (χ0) is 13.3. The van der Waals surface area contributed by atoms with Crippen LogP contribution in [0.5, 0.6) is 0 Å². The molecule has 96 valence electrons. The highest BCUT2D eigenvalue weighted by atomic mass is 79.9. The van der Waals surface area contributed by atoms with E-state index in [2.05, 4.69) is 26.0 Å². The molecule has 6 nitrogen and oxygen atoms in total. The van der Waals surface area contributed by atoms with Crippen LogP contribution in [0.25, 0.3) is 0 Å². The van der Waals surface area contributed by atoms with Crippen molar-refractivity contribution in [2.45, 2.75) is 26.9 Å². The van der Waals surface area contributed by atoms with Crippen LogP contribution in [0.3, 0.4) is 0 Å². The van der Waals surface area contributed by atoms with Crippen molar-refractivity contribution in [3.05, 3.63) is 49.0 Å². The lowest BCUT2D eigenvalue weighted by molar-refractivity contribution is 0.585. The summed E-state index contributed by atoms with van der Waals surface area (Å²) in [5.41, 5.74) is 0.972. The summed E-state index contributed by atoms with van der Waals surface area (Å²) in [4.78, 5) is 24.8. The van der Waals surface area contributed by atoms with Gasteiger partial charge in [-0.25, -0.2) is 4.79 Å². The van der Waals surface area contributed by atoms with Crippen LogP contribution >= 0.6 is 15.9 Å². The van der Waals surface area contributed by atoms with Crippen LogP contribution in [0.15, 0.2) is 26.3 Å². The fourth-order valence-electron chi connectivity index (χ4n) is 1.75. The molecule has 1 N–H and O–H groups in total. The van der Waals surface area contributed by atoms with E-state index < -0.39 is 11.2 Å². The standard InChI is InChI=1S/C11H13BrN4O2/c1-3-16-8(10(12)7(2)14-16)6-15-5-4-9(17)13-11(15)18/h4-5H,3,6H2,1-2H3,(H,13,17,18). The fraction of sp³-hybridized carbons (Fsp3) is 0.364. The van der Waals surface area contributed by atoms with Gasteiger partial charge in [0.25, 0.3) is 5.56 Å². The molecule has 0 spiro atoms. The van der Waals surface area contributed by atoms with Gasteiger partial charge in [0.15, 0.2) is 0 Å². The Kier molecular flexibility index (Phi) is 3.51. The highest BCUT2D eigenvalue weighted by Crippen LogP contribution is 2.21. The summed E-state index contributed by atoms with van der Waals surface area (Å²) in [7, 11) is 0. The maximum absolute atomic E-state index is 11.6. The zero-order valence-corrected chi connectivity index (χ0v) is 11.7. The van der Waals surface area contributed by atoms with E-state index in [0.29, 0.717) is 6.54 Å². The summed E-state index contributed by atoms with van der Waals surface area (Å²) in [6, 6.07) is 1.33. The summed E-state index contributed by atoms with van der Waals surface area (Å²) in [5, 5.41) is 4.35. The van der Waals surface area contributed by atoms with Crippen LogP contribution in [-0.2, 0) is 13.1 Å². The van der Waals surface area contributed by atoms with E-state index in [9.17, 15) is 9.59 Å². The predicted octanol–water partition coefficient (Wildman–Crippen LogP) is 0.872. The van der Waals surface area contributed by atoms with E-state index in [4.69, 9.17) is 0 Å². The summed E-state index contributed by atoms with van der Waals surface area (Å²) in [6.07, 6.45) is 1.48. The van der Waals surface area contributed by atoms with Crippen molar-refractivity contribution in [2.24, 2.45) is 0 Å². The molecule has 0 saturated heterocycles. The Labute approximate surface area is 111 Å². The zero-order valence-electron chi connectivity index (χ0n) is 10.1. The molecular formula is C11H13BrN4O2. The van der Waals surface area contributed by atoms with Crippen molar-refractivity contribution in [3.63, 3.8) is 0 Å². The van der Waals surface area contributed by atoms with Crippen LogP contribution in [0.1, 0.15) is 18.3 Å². The minimum absolute atomic E-state index is 0.366. The number of hydrogen-bond acceptors (Lipinski definition) is 3. The van der Waals surface area contributed by atoms with Crippen LogP contribution < -0.4 is 11.2 Å². The van der Waals surface area contributed by atoms with Gasteiger partial charge in [-0.2, -0.15) is 5.10 Å². The lowest BCUT2D eigenvalue weighted by atomic mass is 10.3. The molecule has 0 saturated carbocycles. The summed E-state index contributed by atoms with van der Waals surface area (Å²) in [6.45, 7) is 4.97. The van der Waals surface area contributed by atoms with Crippen molar-refractivity contribution in [1.82, 2.24) is 19.3 Å². The molecule has 7 heteroatoms. The van der Waals surface area contributed by atoms with Crippen LogP contribution in [-0.4, -0.2) is 19.3 Å². The van der Waals surface area contributed by atoms with E-state index in [-0.39, 0.29) is 0 Å². The topological polar surface area (TPSA) is 72.7 Å². The van der Waals surface area contributed by atoms with Gasteiger partial charge in [-0.15, -0.1) is 0 Å². The highest BCUT2D eigenvalue weighted by Gasteiger charge is 2.12. The molecule has 0 fully saturated rings. The van der Waals surface area contributed by atoms with Gasteiger partial charge in [0, 0.05) is 18.8 Å². The minimum atomic E-state index is -0.420. The van der Waals surface area contributed by atoms with E-state index >= 15 is 0 Å². The Hall–Kier alpha value is -1.63. The van der Waals surface area contributed by atoms with Gasteiger partial charge in [-0.3, -0.25) is 19.0 Å². The third-order valence-corrected chi connectivity index (χ3v) is 3.70. The largest absolute Gasteiger partial charge is 0.328 e. The number of halogens is 1. The number of rotatable bonds is 3. The molecule has 2 rings (SSSR count). The van der Waals surface area contributed by atoms with E-state index in [1.54, 1.807) is 0 Å². The second kappa shape index (κ2) is 4.93. The Balaban J connectivity index is 2.45. The first-order valence-electron chi connectivity index (χ1n) is 5.54. The maximum atomic E-state index is 11.6.